The summed E-state index contributed by atoms with van der Waals surface area (Å²) in [6.45, 7) is 3.79. The molecule has 1 N–H and O–H groups in total. The second-order valence-corrected chi connectivity index (χ2v) is 7.92. The van der Waals surface area contributed by atoms with Crippen molar-refractivity contribution < 1.29 is 9.53 Å². The third kappa shape index (κ3) is 3.43. The molecule has 0 fully saturated rings. The Hall–Kier alpha value is -3.68. The molecule has 158 valence electrons. The molecule has 0 saturated heterocycles. The number of hydrogen-bond acceptors (Lipinski definition) is 5. The van der Waals surface area contributed by atoms with Crippen LogP contribution in [0.25, 0.3) is 16.7 Å². The minimum atomic E-state index is -0.247. The molecule has 5 rings (SSSR count). The number of amides is 1. The fraction of sp³-hybridized carbons (Fsp3) is 0.304. The van der Waals surface area contributed by atoms with E-state index in [9.17, 15) is 4.79 Å². The number of para-hydroxylation sites is 1. The number of aromatic nitrogens is 5. The first-order chi connectivity index (χ1) is 15.0. The van der Waals surface area contributed by atoms with Gasteiger partial charge in [0.25, 0.3) is 5.91 Å². The van der Waals surface area contributed by atoms with Gasteiger partial charge in [-0.3, -0.25) is 4.79 Å². The second-order valence-electron chi connectivity index (χ2n) is 7.92. The Balaban J connectivity index is 1.39. The van der Waals surface area contributed by atoms with Gasteiger partial charge in [0.1, 0.15) is 5.82 Å². The standard InChI is InChI=1S/C23H24N6O2/c1-14-12-15(2)24-22-20(14)23(27-28(22)3)31-13-19(30)25-21-17-10-7-11-18(17)26-29(21)16-8-5-4-6-9-16/h4-6,8-9,12H,7,10-11,13H2,1-3H3,(H,25,30). The molecule has 1 aliphatic rings. The Bertz CT molecular complexity index is 1290. The van der Waals surface area contributed by atoms with Gasteiger partial charge in [0.05, 0.1) is 16.8 Å². The van der Waals surface area contributed by atoms with E-state index < -0.39 is 0 Å². The van der Waals surface area contributed by atoms with E-state index >= 15 is 0 Å². The summed E-state index contributed by atoms with van der Waals surface area (Å²) >= 11 is 0. The van der Waals surface area contributed by atoms with Crippen LogP contribution in [0.1, 0.15) is 28.9 Å². The lowest BCUT2D eigenvalue weighted by Gasteiger charge is -2.11. The van der Waals surface area contributed by atoms with Crippen LogP contribution in [-0.2, 0) is 24.7 Å². The van der Waals surface area contributed by atoms with E-state index in [0.717, 1.165) is 64.3 Å². The minimum absolute atomic E-state index is 0.145. The summed E-state index contributed by atoms with van der Waals surface area (Å²) in [6.07, 6.45) is 2.90. The highest BCUT2D eigenvalue weighted by molar-refractivity contribution is 5.93. The van der Waals surface area contributed by atoms with Crippen LogP contribution in [-0.4, -0.2) is 37.1 Å². The van der Waals surface area contributed by atoms with Crippen LogP contribution in [0.3, 0.4) is 0 Å². The quantitative estimate of drug-likeness (QED) is 0.540. The van der Waals surface area contributed by atoms with Crippen LogP contribution in [0.15, 0.2) is 36.4 Å². The average Bonchev–Trinajstić information content (AvgIpc) is 3.42. The molecule has 0 bridgehead atoms. The summed E-state index contributed by atoms with van der Waals surface area (Å²) in [4.78, 5) is 17.4. The number of pyridine rings is 1. The molecule has 1 aromatic carbocycles. The Morgan fingerprint density at radius 3 is 2.77 bits per heavy atom. The lowest BCUT2D eigenvalue weighted by atomic mass is 10.2. The molecule has 0 aliphatic heterocycles. The van der Waals surface area contributed by atoms with E-state index in [4.69, 9.17) is 9.84 Å². The summed E-state index contributed by atoms with van der Waals surface area (Å²) in [5.74, 6) is 0.898. The number of carbonyl (C=O) groups excluding carboxylic acids is 1. The number of rotatable bonds is 5. The van der Waals surface area contributed by atoms with E-state index in [-0.39, 0.29) is 12.5 Å². The monoisotopic (exact) mass is 416 g/mol. The average molecular weight is 416 g/mol. The van der Waals surface area contributed by atoms with Crippen LogP contribution in [0.2, 0.25) is 0 Å². The molecule has 0 radical (unpaired) electrons. The number of nitrogens with zero attached hydrogens (tertiary/aromatic N) is 5. The second kappa shape index (κ2) is 7.54. The molecule has 8 nitrogen and oxygen atoms in total. The third-order valence-electron chi connectivity index (χ3n) is 5.59. The summed E-state index contributed by atoms with van der Waals surface area (Å²) in [6, 6.07) is 11.8. The molecule has 3 aromatic heterocycles. The number of aryl methyl sites for hydroxylation is 4. The molecule has 1 amide bonds. The maximum Gasteiger partial charge on any atom is 0.263 e. The van der Waals surface area contributed by atoms with Crippen LogP contribution in [0.5, 0.6) is 5.88 Å². The topological polar surface area (TPSA) is 86.9 Å². The van der Waals surface area contributed by atoms with Crippen molar-refractivity contribution >= 4 is 22.8 Å². The highest BCUT2D eigenvalue weighted by atomic mass is 16.5. The molecule has 0 atom stereocenters. The van der Waals surface area contributed by atoms with Crippen molar-refractivity contribution in [3.8, 4) is 11.6 Å². The van der Waals surface area contributed by atoms with Crippen LogP contribution < -0.4 is 10.1 Å². The van der Waals surface area contributed by atoms with Crippen molar-refractivity contribution in [1.82, 2.24) is 24.5 Å². The SMILES string of the molecule is Cc1cc(C)c2c(OCC(=O)Nc3c4c(nn3-c3ccccc3)CCC4)nn(C)c2n1. The third-order valence-corrected chi connectivity index (χ3v) is 5.59. The fourth-order valence-corrected chi connectivity index (χ4v) is 4.23. The van der Waals surface area contributed by atoms with Crippen LogP contribution in [0.4, 0.5) is 5.82 Å². The van der Waals surface area contributed by atoms with Crippen molar-refractivity contribution in [2.45, 2.75) is 33.1 Å². The molecular weight excluding hydrogens is 392 g/mol. The molecular formula is C23H24N6O2. The van der Waals surface area contributed by atoms with Crippen molar-refractivity contribution in [2.24, 2.45) is 7.05 Å². The van der Waals surface area contributed by atoms with Gasteiger partial charge in [-0.15, -0.1) is 5.10 Å². The molecule has 8 heteroatoms. The maximum atomic E-state index is 12.8. The zero-order valence-corrected chi connectivity index (χ0v) is 17.8. The van der Waals surface area contributed by atoms with Gasteiger partial charge in [-0.25, -0.2) is 14.3 Å². The first-order valence-electron chi connectivity index (χ1n) is 10.4. The van der Waals surface area contributed by atoms with Gasteiger partial charge in [-0.1, -0.05) is 18.2 Å². The van der Waals surface area contributed by atoms with Crippen molar-refractivity contribution in [3.63, 3.8) is 0 Å². The summed E-state index contributed by atoms with van der Waals surface area (Å²) in [5, 5.41) is 13.0. The maximum absolute atomic E-state index is 12.8. The van der Waals surface area contributed by atoms with E-state index in [1.54, 1.807) is 4.68 Å². The predicted molar refractivity (Wildman–Crippen MR) is 118 cm³/mol. The van der Waals surface area contributed by atoms with E-state index in [1.807, 2.05) is 62.0 Å². The molecule has 0 spiro atoms. The first kappa shape index (κ1) is 19.3. The van der Waals surface area contributed by atoms with Gasteiger partial charge in [0.2, 0.25) is 5.88 Å². The van der Waals surface area contributed by atoms with Gasteiger partial charge >= 0.3 is 0 Å². The largest absolute Gasteiger partial charge is 0.466 e. The Labute approximate surface area is 179 Å². The van der Waals surface area contributed by atoms with Gasteiger partial charge < -0.3 is 10.1 Å². The lowest BCUT2D eigenvalue weighted by molar-refractivity contribution is -0.118. The Kier molecular flexibility index (Phi) is 4.69. The van der Waals surface area contributed by atoms with Gasteiger partial charge in [-0.2, -0.15) is 5.10 Å². The van der Waals surface area contributed by atoms with Crippen molar-refractivity contribution in [3.05, 3.63) is 58.9 Å². The predicted octanol–water partition coefficient (Wildman–Crippen LogP) is 3.28. The molecule has 4 aromatic rings. The number of carbonyl (C=O) groups is 1. The van der Waals surface area contributed by atoms with E-state index in [2.05, 4.69) is 15.4 Å². The molecule has 31 heavy (non-hydrogen) atoms. The normalized spacial score (nSPS) is 12.9. The first-order valence-corrected chi connectivity index (χ1v) is 10.4. The number of hydrogen-bond donors (Lipinski definition) is 1. The van der Waals surface area contributed by atoms with Gasteiger partial charge in [-0.05, 0) is 56.9 Å². The zero-order valence-electron chi connectivity index (χ0n) is 17.8. The van der Waals surface area contributed by atoms with Gasteiger partial charge in [0, 0.05) is 18.3 Å². The van der Waals surface area contributed by atoms with Gasteiger partial charge in [0.15, 0.2) is 12.3 Å². The smallest absolute Gasteiger partial charge is 0.263 e. The number of nitrogens with one attached hydrogen (secondary N) is 1. The molecule has 0 saturated carbocycles. The lowest BCUT2D eigenvalue weighted by Crippen LogP contribution is -2.22. The molecule has 0 unspecified atom stereocenters. The Morgan fingerprint density at radius 2 is 1.97 bits per heavy atom. The number of fused-ring (bicyclic) bond motifs is 2. The van der Waals surface area contributed by atoms with Crippen LogP contribution >= 0.6 is 0 Å². The summed E-state index contributed by atoms with van der Waals surface area (Å²) in [7, 11) is 1.82. The van der Waals surface area contributed by atoms with E-state index in [0.29, 0.717) is 5.88 Å². The minimum Gasteiger partial charge on any atom is -0.466 e. The highest BCUT2D eigenvalue weighted by Crippen LogP contribution is 2.31. The van der Waals surface area contributed by atoms with Crippen molar-refractivity contribution in [2.75, 3.05) is 11.9 Å². The Morgan fingerprint density at radius 1 is 1.16 bits per heavy atom. The zero-order chi connectivity index (χ0) is 21.5. The fourth-order valence-electron chi connectivity index (χ4n) is 4.23. The number of ether oxygens (including phenoxy) is 1. The highest BCUT2D eigenvalue weighted by Gasteiger charge is 2.24. The van der Waals surface area contributed by atoms with Crippen molar-refractivity contribution in [1.29, 1.82) is 0 Å². The summed E-state index contributed by atoms with van der Waals surface area (Å²) in [5.41, 5.74) is 5.75. The van der Waals surface area contributed by atoms with Crippen LogP contribution in [0, 0.1) is 13.8 Å². The van der Waals surface area contributed by atoms with E-state index in [1.165, 1.54) is 0 Å². The molecule has 3 heterocycles. The molecule has 1 aliphatic carbocycles. The number of anilines is 1. The number of benzene rings is 1. The summed E-state index contributed by atoms with van der Waals surface area (Å²) < 4.78 is 9.32.